The van der Waals surface area contributed by atoms with Gasteiger partial charge in [-0.15, -0.1) is 0 Å². The number of aryl methyl sites for hydroxylation is 1. The average Bonchev–Trinajstić information content (AvgIpc) is 3.00. The normalized spacial score (nSPS) is 10.7. The molecule has 0 aliphatic carbocycles. The zero-order valence-corrected chi connectivity index (χ0v) is 13.8. The predicted octanol–water partition coefficient (Wildman–Crippen LogP) is 4.17. The van der Waals surface area contributed by atoms with Crippen LogP contribution in [0.3, 0.4) is 0 Å². The molecule has 4 rings (SSSR count). The summed E-state index contributed by atoms with van der Waals surface area (Å²) in [6.45, 7) is 2.06. The Morgan fingerprint density at radius 2 is 1.84 bits per heavy atom. The standard InChI is InChI=1S/C21H16N4/c1-15-10-11-20-19(12-17-8-5-9-18(13-22)23-17)21(24-25(20)14-15)16-6-3-2-4-7-16/h2-11,14H,12H2,1H3. The largest absolute Gasteiger partial charge is 0.242 e. The van der Waals surface area contributed by atoms with Crippen LogP contribution < -0.4 is 0 Å². The lowest BCUT2D eigenvalue weighted by atomic mass is 10.0. The summed E-state index contributed by atoms with van der Waals surface area (Å²) in [5, 5.41) is 13.9. The summed E-state index contributed by atoms with van der Waals surface area (Å²) in [5.74, 6) is 0. The second-order valence-corrected chi connectivity index (χ2v) is 6.03. The van der Waals surface area contributed by atoms with Gasteiger partial charge in [0.05, 0.1) is 11.2 Å². The summed E-state index contributed by atoms with van der Waals surface area (Å²) in [5.41, 5.74) is 6.68. The van der Waals surface area contributed by atoms with Gasteiger partial charge < -0.3 is 0 Å². The molecule has 0 N–H and O–H groups in total. The molecule has 3 aromatic heterocycles. The van der Waals surface area contributed by atoms with Crippen LogP contribution in [0.2, 0.25) is 0 Å². The molecule has 0 fully saturated rings. The van der Waals surface area contributed by atoms with Gasteiger partial charge in [-0.05, 0) is 30.7 Å². The molecule has 25 heavy (non-hydrogen) atoms. The van der Waals surface area contributed by atoms with Gasteiger partial charge in [0.2, 0.25) is 0 Å². The topological polar surface area (TPSA) is 54.0 Å². The van der Waals surface area contributed by atoms with Crippen LogP contribution in [0, 0.1) is 18.3 Å². The summed E-state index contributed by atoms with van der Waals surface area (Å²) >= 11 is 0. The van der Waals surface area contributed by atoms with Crippen molar-refractivity contribution in [3.63, 3.8) is 0 Å². The molecule has 0 aliphatic heterocycles. The van der Waals surface area contributed by atoms with Gasteiger partial charge in [-0.3, -0.25) is 0 Å². The summed E-state index contributed by atoms with van der Waals surface area (Å²) in [4.78, 5) is 4.43. The Bertz CT molecular complexity index is 1090. The second kappa shape index (κ2) is 6.21. The molecule has 0 bridgehead atoms. The maximum atomic E-state index is 9.09. The molecule has 120 valence electrons. The van der Waals surface area contributed by atoms with Crippen LogP contribution in [0.4, 0.5) is 0 Å². The van der Waals surface area contributed by atoms with Gasteiger partial charge in [0.25, 0.3) is 0 Å². The third kappa shape index (κ3) is 2.88. The average molecular weight is 324 g/mol. The fourth-order valence-corrected chi connectivity index (χ4v) is 3.03. The summed E-state index contributed by atoms with van der Waals surface area (Å²) in [6.07, 6.45) is 2.66. The molecule has 0 saturated carbocycles. The van der Waals surface area contributed by atoms with Crippen molar-refractivity contribution < 1.29 is 0 Å². The number of pyridine rings is 2. The van der Waals surface area contributed by atoms with E-state index in [1.807, 2.05) is 41.0 Å². The van der Waals surface area contributed by atoms with Crippen LogP contribution in [0.1, 0.15) is 22.5 Å². The minimum absolute atomic E-state index is 0.436. The van der Waals surface area contributed by atoms with Crippen molar-refractivity contribution in [1.29, 1.82) is 5.26 Å². The summed E-state index contributed by atoms with van der Waals surface area (Å²) < 4.78 is 1.93. The van der Waals surface area contributed by atoms with E-state index in [4.69, 9.17) is 10.4 Å². The van der Waals surface area contributed by atoms with Crippen LogP contribution in [0.25, 0.3) is 16.8 Å². The van der Waals surface area contributed by atoms with Gasteiger partial charge in [-0.2, -0.15) is 10.4 Å². The molecule has 0 aliphatic rings. The first-order chi connectivity index (χ1) is 12.2. The third-order valence-corrected chi connectivity index (χ3v) is 4.21. The molecule has 4 aromatic rings. The molecular formula is C21H16N4. The highest BCUT2D eigenvalue weighted by molar-refractivity contribution is 5.73. The first-order valence-corrected chi connectivity index (χ1v) is 8.14. The van der Waals surface area contributed by atoms with Crippen LogP contribution in [-0.2, 0) is 6.42 Å². The first kappa shape index (κ1) is 15.1. The van der Waals surface area contributed by atoms with Crippen molar-refractivity contribution in [2.45, 2.75) is 13.3 Å². The number of fused-ring (bicyclic) bond motifs is 1. The molecule has 0 unspecified atom stereocenters. The highest BCUT2D eigenvalue weighted by Gasteiger charge is 2.15. The fraction of sp³-hybridized carbons (Fsp3) is 0.0952. The Kier molecular flexibility index (Phi) is 3.75. The smallest absolute Gasteiger partial charge is 0.140 e. The van der Waals surface area contributed by atoms with Gasteiger partial charge in [-0.1, -0.05) is 42.5 Å². The van der Waals surface area contributed by atoms with Crippen LogP contribution in [0.15, 0.2) is 66.9 Å². The second-order valence-electron chi connectivity index (χ2n) is 6.03. The SMILES string of the molecule is Cc1ccc2c(Cc3cccc(C#N)n3)c(-c3ccccc3)nn2c1. The number of benzene rings is 1. The molecule has 0 spiro atoms. The van der Waals surface area contributed by atoms with Gasteiger partial charge in [0.15, 0.2) is 0 Å². The number of aromatic nitrogens is 3. The van der Waals surface area contributed by atoms with E-state index in [0.29, 0.717) is 12.1 Å². The van der Waals surface area contributed by atoms with Crippen molar-refractivity contribution in [2.24, 2.45) is 0 Å². The number of nitriles is 1. The van der Waals surface area contributed by atoms with Crippen LogP contribution in [0.5, 0.6) is 0 Å². The maximum Gasteiger partial charge on any atom is 0.140 e. The molecule has 4 heteroatoms. The van der Waals surface area contributed by atoms with Crippen LogP contribution in [-0.4, -0.2) is 14.6 Å². The molecular weight excluding hydrogens is 308 g/mol. The van der Waals surface area contributed by atoms with Crippen molar-refractivity contribution >= 4 is 5.52 Å². The molecule has 0 amide bonds. The maximum absolute atomic E-state index is 9.09. The van der Waals surface area contributed by atoms with E-state index in [-0.39, 0.29) is 0 Å². The minimum Gasteiger partial charge on any atom is -0.242 e. The zero-order valence-electron chi connectivity index (χ0n) is 13.8. The lowest BCUT2D eigenvalue weighted by Gasteiger charge is -2.04. The molecule has 0 radical (unpaired) electrons. The van der Waals surface area contributed by atoms with Crippen molar-refractivity contribution in [3.05, 3.63) is 89.4 Å². The molecule has 1 aromatic carbocycles. The zero-order chi connectivity index (χ0) is 17.2. The Morgan fingerprint density at radius 1 is 1.00 bits per heavy atom. The lowest BCUT2D eigenvalue weighted by molar-refractivity contribution is 0.956. The predicted molar refractivity (Wildman–Crippen MR) is 97.1 cm³/mol. The van der Waals surface area contributed by atoms with E-state index in [9.17, 15) is 0 Å². The summed E-state index contributed by atoms with van der Waals surface area (Å²) in [7, 11) is 0. The van der Waals surface area contributed by atoms with E-state index in [1.165, 1.54) is 0 Å². The fourth-order valence-electron chi connectivity index (χ4n) is 3.03. The highest BCUT2D eigenvalue weighted by atomic mass is 15.2. The molecule has 0 saturated heterocycles. The minimum atomic E-state index is 0.436. The van der Waals surface area contributed by atoms with Crippen LogP contribution >= 0.6 is 0 Å². The number of hydrogen-bond acceptors (Lipinski definition) is 3. The number of nitrogens with zero attached hydrogens (tertiary/aromatic N) is 4. The Morgan fingerprint density at radius 3 is 2.64 bits per heavy atom. The van der Waals surface area contributed by atoms with E-state index < -0.39 is 0 Å². The lowest BCUT2D eigenvalue weighted by Crippen LogP contribution is -1.95. The molecule has 3 heterocycles. The van der Waals surface area contributed by atoms with E-state index in [2.05, 4.69) is 42.2 Å². The van der Waals surface area contributed by atoms with Crippen molar-refractivity contribution in [2.75, 3.05) is 0 Å². The first-order valence-electron chi connectivity index (χ1n) is 8.14. The Hall–Kier alpha value is -3.45. The highest BCUT2D eigenvalue weighted by Crippen LogP contribution is 2.28. The number of rotatable bonds is 3. The van der Waals surface area contributed by atoms with Crippen molar-refractivity contribution in [1.82, 2.24) is 14.6 Å². The number of hydrogen-bond donors (Lipinski definition) is 0. The monoisotopic (exact) mass is 324 g/mol. The van der Waals surface area contributed by atoms with E-state index >= 15 is 0 Å². The van der Waals surface area contributed by atoms with Gasteiger partial charge >= 0.3 is 0 Å². The molecule has 4 nitrogen and oxygen atoms in total. The van der Waals surface area contributed by atoms with E-state index in [1.54, 1.807) is 6.07 Å². The molecule has 0 atom stereocenters. The Balaban J connectivity index is 1.90. The quantitative estimate of drug-likeness (QED) is 0.568. The van der Waals surface area contributed by atoms with E-state index in [0.717, 1.165) is 33.6 Å². The Labute approximate surface area is 146 Å². The van der Waals surface area contributed by atoms with Gasteiger partial charge in [0, 0.05) is 29.4 Å². The van der Waals surface area contributed by atoms with Crippen molar-refractivity contribution in [3.8, 4) is 17.3 Å². The third-order valence-electron chi connectivity index (χ3n) is 4.21. The summed E-state index contributed by atoms with van der Waals surface area (Å²) in [6, 6.07) is 22.0. The van der Waals surface area contributed by atoms with Gasteiger partial charge in [-0.25, -0.2) is 9.50 Å². The van der Waals surface area contributed by atoms with Gasteiger partial charge in [0.1, 0.15) is 11.8 Å².